The quantitative estimate of drug-likeness (QED) is 0.395. The van der Waals surface area contributed by atoms with E-state index in [4.69, 9.17) is 15.0 Å². The summed E-state index contributed by atoms with van der Waals surface area (Å²) < 4.78 is 0. The van der Waals surface area contributed by atoms with Gasteiger partial charge in [-0.05, 0) is 0 Å². The monoisotopic (exact) mass is 120 g/mol. The summed E-state index contributed by atoms with van der Waals surface area (Å²) in [6.45, 7) is 0. The zero-order valence-electron chi connectivity index (χ0n) is 3.42. The molecule has 0 rings (SSSR count). The van der Waals surface area contributed by atoms with E-state index in [-0.39, 0.29) is 34.0 Å². The molecule has 0 atom stereocenters. The minimum absolute atomic E-state index is 0. The average molecular weight is 120 g/mol. The largest absolute Gasteiger partial charge is 2.00 e. The minimum atomic E-state index is -1.83. The molecule has 0 heterocycles. The van der Waals surface area contributed by atoms with E-state index in [1.807, 2.05) is 0 Å². The van der Waals surface area contributed by atoms with Gasteiger partial charge in [0.2, 0.25) is 0 Å². The number of hydrogen-bond acceptors (Lipinski definition) is 1. The molecule has 0 aliphatic carbocycles. The van der Waals surface area contributed by atoms with Crippen molar-refractivity contribution in [2.75, 3.05) is 0 Å². The molecule has 0 bridgehead atoms. The SMILES string of the molecule is O.O=C(O)O.[Mg+2].[O-2]. The topological polar surface area (TPSA) is 118 Å². The van der Waals surface area contributed by atoms with Crippen molar-refractivity contribution in [3.63, 3.8) is 0 Å². The molecular formula is CH4MgO5. The van der Waals surface area contributed by atoms with Gasteiger partial charge in [0.1, 0.15) is 0 Å². The van der Waals surface area contributed by atoms with Crippen LogP contribution in [0.1, 0.15) is 0 Å². The van der Waals surface area contributed by atoms with Crippen LogP contribution in [-0.4, -0.2) is 44.9 Å². The Morgan fingerprint density at radius 3 is 1.29 bits per heavy atom. The van der Waals surface area contributed by atoms with Crippen LogP contribution in [0.5, 0.6) is 0 Å². The van der Waals surface area contributed by atoms with Crippen LogP contribution in [0.4, 0.5) is 4.79 Å². The summed E-state index contributed by atoms with van der Waals surface area (Å²) in [6, 6.07) is 0. The van der Waals surface area contributed by atoms with Crippen molar-refractivity contribution < 1.29 is 26.0 Å². The molecule has 0 fully saturated rings. The molecular weight excluding hydrogens is 116 g/mol. The van der Waals surface area contributed by atoms with E-state index in [0.29, 0.717) is 0 Å². The third-order valence-electron chi connectivity index (χ3n) is 0. The van der Waals surface area contributed by atoms with E-state index < -0.39 is 6.16 Å². The summed E-state index contributed by atoms with van der Waals surface area (Å²) >= 11 is 0. The molecule has 5 nitrogen and oxygen atoms in total. The van der Waals surface area contributed by atoms with Gasteiger partial charge in [0.15, 0.2) is 0 Å². The molecule has 0 radical (unpaired) electrons. The fourth-order valence-electron chi connectivity index (χ4n) is 0. The van der Waals surface area contributed by atoms with Crippen molar-refractivity contribution in [1.29, 1.82) is 0 Å². The van der Waals surface area contributed by atoms with E-state index in [2.05, 4.69) is 0 Å². The van der Waals surface area contributed by atoms with Gasteiger partial charge < -0.3 is 21.2 Å². The van der Waals surface area contributed by atoms with Gasteiger partial charge in [-0.25, -0.2) is 4.79 Å². The molecule has 0 aromatic carbocycles. The third kappa shape index (κ3) is 48700. The molecule has 4 N–H and O–H groups in total. The van der Waals surface area contributed by atoms with Crippen molar-refractivity contribution in [3.05, 3.63) is 0 Å². The van der Waals surface area contributed by atoms with Gasteiger partial charge in [-0.1, -0.05) is 0 Å². The van der Waals surface area contributed by atoms with Crippen LogP contribution in [0.25, 0.3) is 0 Å². The molecule has 0 aromatic heterocycles. The Morgan fingerprint density at radius 1 is 1.29 bits per heavy atom. The van der Waals surface area contributed by atoms with Crippen LogP contribution in [0.15, 0.2) is 0 Å². The Balaban J connectivity index is -0.0000000150. The molecule has 40 valence electrons. The Morgan fingerprint density at radius 2 is 1.29 bits per heavy atom. The molecule has 0 amide bonds. The smallest absolute Gasteiger partial charge is 2.00 e. The summed E-state index contributed by atoms with van der Waals surface area (Å²) in [7, 11) is 0. The summed E-state index contributed by atoms with van der Waals surface area (Å²) in [5.41, 5.74) is 0. The average Bonchev–Trinajstić information content (AvgIpc) is 0.811. The van der Waals surface area contributed by atoms with Crippen LogP contribution in [0.3, 0.4) is 0 Å². The predicted octanol–water partition coefficient (Wildman–Crippen LogP) is -1.10. The van der Waals surface area contributed by atoms with E-state index in [1.54, 1.807) is 0 Å². The number of rotatable bonds is 0. The third-order valence-corrected chi connectivity index (χ3v) is 0. The molecule has 0 aromatic rings. The number of carboxylic acid groups (broad SMARTS) is 2. The first-order valence-electron chi connectivity index (χ1n) is 0.651. The molecule has 6 heteroatoms. The molecule has 0 unspecified atom stereocenters. The Labute approximate surface area is 55.7 Å². The molecule has 0 saturated carbocycles. The maximum absolute atomic E-state index is 8.56. The standard InChI is InChI=1S/CH2O3.Mg.H2O.O/c2-1(3)4;;;/h(H2,2,3,4);;1H2;/q;+2;;-2. The fourth-order valence-corrected chi connectivity index (χ4v) is 0. The van der Waals surface area contributed by atoms with Gasteiger partial charge in [-0.2, -0.15) is 0 Å². The Hall–Kier alpha value is -0.0438. The predicted molar refractivity (Wildman–Crippen MR) is 20.7 cm³/mol. The van der Waals surface area contributed by atoms with Gasteiger partial charge in [0.25, 0.3) is 0 Å². The summed E-state index contributed by atoms with van der Waals surface area (Å²) in [4.78, 5) is 8.56. The van der Waals surface area contributed by atoms with Gasteiger partial charge in [-0.15, -0.1) is 0 Å². The van der Waals surface area contributed by atoms with Crippen molar-refractivity contribution in [1.82, 2.24) is 0 Å². The second-order valence-electron chi connectivity index (χ2n) is 0.283. The van der Waals surface area contributed by atoms with E-state index in [9.17, 15) is 0 Å². The maximum Gasteiger partial charge on any atom is 2.00 e. The van der Waals surface area contributed by atoms with Crippen LogP contribution < -0.4 is 0 Å². The molecule has 7 heavy (non-hydrogen) atoms. The fraction of sp³-hybridized carbons (Fsp3) is 0. The van der Waals surface area contributed by atoms with Crippen molar-refractivity contribution in [3.8, 4) is 0 Å². The Bertz CT molecular complexity index is 31.1. The number of carbonyl (C=O) groups is 1. The van der Waals surface area contributed by atoms with Crippen LogP contribution in [0.2, 0.25) is 0 Å². The first-order chi connectivity index (χ1) is 1.73. The molecule has 0 aliphatic heterocycles. The molecule has 0 spiro atoms. The molecule has 0 saturated heterocycles. The van der Waals surface area contributed by atoms with Crippen LogP contribution in [-0.2, 0) is 5.48 Å². The van der Waals surface area contributed by atoms with Crippen LogP contribution >= 0.6 is 0 Å². The molecule has 0 aliphatic rings. The van der Waals surface area contributed by atoms with Crippen molar-refractivity contribution >= 4 is 29.2 Å². The summed E-state index contributed by atoms with van der Waals surface area (Å²) in [5, 5.41) is 13.9. The first-order valence-corrected chi connectivity index (χ1v) is 0.651. The van der Waals surface area contributed by atoms with Crippen LogP contribution in [0, 0.1) is 0 Å². The maximum atomic E-state index is 8.56. The number of hydrogen-bond donors (Lipinski definition) is 2. The van der Waals surface area contributed by atoms with E-state index >= 15 is 0 Å². The van der Waals surface area contributed by atoms with E-state index in [1.165, 1.54) is 0 Å². The van der Waals surface area contributed by atoms with Crippen molar-refractivity contribution in [2.45, 2.75) is 0 Å². The second kappa shape index (κ2) is 16.7. The zero-order chi connectivity index (χ0) is 3.58. The normalized spacial score (nSPS) is 3.43. The van der Waals surface area contributed by atoms with Gasteiger partial charge in [0.05, 0.1) is 0 Å². The van der Waals surface area contributed by atoms with Crippen molar-refractivity contribution in [2.24, 2.45) is 0 Å². The van der Waals surface area contributed by atoms with Gasteiger partial charge in [-0.3, -0.25) is 0 Å². The van der Waals surface area contributed by atoms with Gasteiger partial charge >= 0.3 is 29.2 Å². The minimum Gasteiger partial charge on any atom is -2.00 e. The van der Waals surface area contributed by atoms with E-state index in [0.717, 1.165) is 0 Å². The Kier molecular flexibility index (Phi) is 67.5. The summed E-state index contributed by atoms with van der Waals surface area (Å²) in [5.74, 6) is 0. The summed E-state index contributed by atoms with van der Waals surface area (Å²) in [6.07, 6.45) is -1.83. The zero-order valence-corrected chi connectivity index (χ0v) is 4.83. The second-order valence-corrected chi connectivity index (χ2v) is 0.283. The van der Waals surface area contributed by atoms with Gasteiger partial charge in [0, 0.05) is 0 Å². The first kappa shape index (κ1) is 28.2.